The highest BCUT2D eigenvalue weighted by Crippen LogP contribution is 2.23. The van der Waals surface area contributed by atoms with Gasteiger partial charge in [0.15, 0.2) is 0 Å². The Morgan fingerprint density at radius 3 is 2.80 bits per heavy atom. The molecule has 1 heterocycles. The third kappa shape index (κ3) is 3.00. The van der Waals surface area contributed by atoms with E-state index in [1.807, 2.05) is 35.9 Å². The summed E-state index contributed by atoms with van der Waals surface area (Å²) in [5.41, 5.74) is 13.7. The molecule has 108 valence electrons. The fraction of sp³-hybridized carbons (Fsp3) is 0.400. The molecular formula is C15H21N3O2. The first-order valence-corrected chi connectivity index (χ1v) is 6.81. The second-order valence-corrected chi connectivity index (χ2v) is 5.21. The van der Waals surface area contributed by atoms with E-state index in [9.17, 15) is 4.79 Å². The van der Waals surface area contributed by atoms with Gasteiger partial charge in [0, 0.05) is 30.8 Å². The average Bonchev–Trinajstić information content (AvgIpc) is 2.77. The Balaban J connectivity index is 2.52. The second-order valence-electron chi connectivity index (χ2n) is 5.21. The minimum Gasteiger partial charge on any atom is -0.396 e. The van der Waals surface area contributed by atoms with Crippen LogP contribution >= 0.6 is 0 Å². The average molecular weight is 275 g/mol. The van der Waals surface area contributed by atoms with Crippen LogP contribution < -0.4 is 11.5 Å². The van der Waals surface area contributed by atoms with Gasteiger partial charge >= 0.3 is 0 Å². The molecule has 0 aliphatic heterocycles. The van der Waals surface area contributed by atoms with Crippen molar-refractivity contribution in [2.75, 3.05) is 6.61 Å². The van der Waals surface area contributed by atoms with E-state index in [2.05, 4.69) is 0 Å². The van der Waals surface area contributed by atoms with Gasteiger partial charge < -0.3 is 21.1 Å². The van der Waals surface area contributed by atoms with Crippen molar-refractivity contribution in [2.45, 2.75) is 32.4 Å². The van der Waals surface area contributed by atoms with Gasteiger partial charge in [-0.25, -0.2) is 0 Å². The minimum atomic E-state index is -0.439. The van der Waals surface area contributed by atoms with Crippen molar-refractivity contribution in [1.82, 2.24) is 4.57 Å². The Labute approximate surface area is 118 Å². The Morgan fingerprint density at radius 1 is 1.45 bits per heavy atom. The molecule has 0 saturated carbocycles. The van der Waals surface area contributed by atoms with Crippen LogP contribution in [-0.2, 0) is 13.0 Å². The summed E-state index contributed by atoms with van der Waals surface area (Å²) in [6.07, 6.45) is 3.27. The molecule has 1 unspecified atom stereocenters. The molecule has 0 radical (unpaired) electrons. The summed E-state index contributed by atoms with van der Waals surface area (Å²) in [6, 6.07) is 5.86. The molecule has 0 aliphatic rings. The molecule has 20 heavy (non-hydrogen) atoms. The number of nitrogens with zero attached hydrogens (tertiary/aromatic N) is 1. The van der Waals surface area contributed by atoms with Crippen LogP contribution in [0.15, 0.2) is 24.4 Å². The molecular weight excluding hydrogens is 254 g/mol. The standard InChI is InChI=1S/C15H21N3O2/c1-10(16)7-11-8-12-3-5-18(4-2-6-19)14(12)13(9-11)15(17)20/h3,5,8-10,19H,2,4,6-7,16H2,1H3,(H2,17,20). The maximum Gasteiger partial charge on any atom is 0.250 e. The summed E-state index contributed by atoms with van der Waals surface area (Å²) < 4.78 is 1.96. The van der Waals surface area contributed by atoms with E-state index in [0.29, 0.717) is 24.9 Å². The van der Waals surface area contributed by atoms with Gasteiger partial charge in [-0.2, -0.15) is 0 Å². The molecule has 1 amide bonds. The highest BCUT2D eigenvalue weighted by atomic mass is 16.3. The van der Waals surface area contributed by atoms with Crippen molar-refractivity contribution in [3.05, 3.63) is 35.5 Å². The van der Waals surface area contributed by atoms with Gasteiger partial charge in [0.25, 0.3) is 5.91 Å². The van der Waals surface area contributed by atoms with Gasteiger partial charge in [-0.1, -0.05) is 0 Å². The number of primary amides is 1. The van der Waals surface area contributed by atoms with Crippen LogP contribution in [0.5, 0.6) is 0 Å². The largest absolute Gasteiger partial charge is 0.396 e. The maximum atomic E-state index is 11.7. The zero-order chi connectivity index (χ0) is 14.7. The number of carbonyl (C=O) groups is 1. The predicted molar refractivity (Wildman–Crippen MR) is 79.5 cm³/mol. The lowest BCUT2D eigenvalue weighted by molar-refractivity contribution is 0.100. The summed E-state index contributed by atoms with van der Waals surface area (Å²) in [5, 5.41) is 9.92. The van der Waals surface area contributed by atoms with Crippen molar-refractivity contribution in [3.8, 4) is 0 Å². The number of carbonyl (C=O) groups excluding carboxylic acids is 1. The van der Waals surface area contributed by atoms with Gasteiger partial charge in [0.2, 0.25) is 0 Å². The lowest BCUT2D eigenvalue weighted by atomic mass is 10.0. The maximum absolute atomic E-state index is 11.7. The topological polar surface area (TPSA) is 94.3 Å². The summed E-state index contributed by atoms with van der Waals surface area (Å²) in [4.78, 5) is 11.7. The van der Waals surface area contributed by atoms with E-state index in [4.69, 9.17) is 16.6 Å². The molecule has 1 aromatic carbocycles. The van der Waals surface area contributed by atoms with Crippen molar-refractivity contribution in [2.24, 2.45) is 11.5 Å². The molecule has 2 rings (SSSR count). The number of fused-ring (bicyclic) bond motifs is 1. The van der Waals surface area contributed by atoms with Crippen LogP contribution in [0.1, 0.15) is 29.3 Å². The van der Waals surface area contributed by atoms with E-state index in [1.54, 1.807) is 0 Å². The second kappa shape index (κ2) is 6.07. The quantitative estimate of drug-likeness (QED) is 0.734. The Bertz CT molecular complexity index is 617. The first-order chi connectivity index (χ1) is 9.52. The number of amides is 1. The fourth-order valence-corrected chi connectivity index (χ4v) is 2.52. The van der Waals surface area contributed by atoms with E-state index < -0.39 is 5.91 Å². The number of rotatable bonds is 6. The molecule has 0 fully saturated rings. The normalized spacial score (nSPS) is 12.8. The highest BCUT2D eigenvalue weighted by Gasteiger charge is 2.13. The van der Waals surface area contributed by atoms with E-state index >= 15 is 0 Å². The number of aromatic nitrogens is 1. The lowest BCUT2D eigenvalue weighted by Gasteiger charge is -2.11. The van der Waals surface area contributed by atoms with Crippen molar-refractivity contribution < 1.29 is 9.90 Å². The number of hydrogen-bond donors (Lipinski definition) is 3. The Hall–Kier alpha value is -1.85. The number of aryl methyl sites for hydroxylation is 1. The predicted octanol–water partition coefficient (Wildman–Crippen LogP) is 1.01. The van der Waals surface area contributed by atoms with Crippen LogP contribution in [0, 0.1) is 0 Å². The third-order valence-corrected chi connectivity index (χ3v) is 3.30. The summed E-state index contributed by atoms with van der Waals surface area (Å²) in [5.74, 6) is -0.439. The van der Waals surface area contributed by atoms with Crippen LogP contribution in [0.25, 0.3) is 10.9 Å². The number of aliphatic hydroxyl groups excluding tert-OH is 1. The number of benzene rings is 1. The van der Waals surface area contributed by atoms with Gasteiger partial charge in [-0.15, -0.1) is 0 Å². The number of nitrogens with two attached hydrogens (primary N) is 2. The zero-order valence-electron chi connectivity index (χ0n) is 11.7. The van der Waals surface area contributed by atoms with Gasteiger partial charge in [0.05, 0.1) is 11.1 Å². The van der Waals surface area contributed by atoms with Gasteiger partial charge in [-0.05, 0) is 43.5 Å². The van der Waals surface area contributed by atoms with Crippen LogP contribution in [0.4, 0.5) is 0 Å². The van der Waals surface area contributed by atoms with Gasteiger partial charge in [-0.3, -0.25) is 4.79 Å². The molecule has 0 saturated heterocycles. The van der Waals surface area contributed by atoms with Crippen LogP contribution in [-0.4, -0.2) is 28.2 Å². The SMILES string of the molecule is CC(N)Cc1cc(C(N)=O)c2c(ccn2CCCO)c1. The highest BCUT2D eigenvalue weighted by molar-refractivity contribution is 6.05. The summed E-state index contributed by atoms with van der Waals surface area (Å²) in [7, 11) is 0. The van der Waals surface area contributed by atoms with Crippen molar-refractivity contribution in [1.29, 1.82) is 0 Å². The molecule has 0 aliphatic carbocycles. The molecule has 1 aromatic heterocycles. The monoisotopic (exact) mass is 275 g/mol. The number of aliphatic hydroxyl groups is 1. The Kier molecular flexibility index (Phi) is 4.42. The van der Waals surface area contributed by atoms with Gasteiger partial charge in [0.1, 0.15) is 0 Å². The molecule has 0 spiro atoms. The van der Waals surface area contributed by atoms with E-state index in [-0.39, 0.29) is 12.6 Å². The molecule has 2 aromatic rings. The first kappa shape index (κ1) is 14.6. The molecule has 5 N–H and O–H groups in total. The molecule has 5 nitrogen and oxygen atoms in total. The smallest absolute Gasteiger partial charge is 0.250 e. The first-order valence-electron chi connectivity index (χ1n) is 6.81. The van der Waals surface area contributed by atoms with Crippen LogP contribution in [0.2, 0.25) is 0 Å². The number of hydrogen-bond acceptors (Lipinski definition) is 3. The summed E-state index contributed by atoms with van der Waals surface area (Å²) in [6.45, 7) is 2.71. The van der Waals surface area contributed by atoms with E-state index in [1.165, 1.54) is 0 Å². The molecule has 0 bridgehead atoms. The van der Waals surface area contributed by atoms with Crippen molar-refractivity contribution in [3.63, 3.8) is 0 Å². The minimum absolute atomic E-state index is 0.0321. The molecule has 1 atom stereocenters. The van der Waals surface area contributed by atoms with Crippen LogP contribution in [0.3, 0.4) is 0 Å². The Morgan fingerprint density at radius 2 is 2.20 bits per heavy atom. The van der Waals surface area contributed by atoms with Crippen molar-refractivity contribution >= 4 is 16.8 Å². The zero-order valence-corrected chi connectivity index (χ0v) is 11.7. The fourth-order valence-electron chi connectivity index (χ4n) is 2.52. The summed E-state index contributed by atoms with van der Waals surface area (Å²) >= 11 is 0. The van der Waals surface area contributed by atoms with E-state index in [0.717, 1.165) is 16.5 Å². The molecule has 5 heteroatoms. The lowest BCUT2D eigenvalue weighted by Crippen LogP contribution is -2.19. The third-order valence-electron chi connectivity index (χ3n) is 3.30.